The van der Waals surface area contributed by atoms with Crippen molar-refractivity contribution in [2.75, 3.05) is 14.4 Å². The van der Waals surface area contributed by atoms with Crippen molar-refractivity contribution in [3.8, 4) is 0 Å². The first-order valence-corrected chi connectivity index (χ1v) is 7.14. The Bertz CT molecular complexity index is 496. The quantitative estimate of drug-likeness (QED) is 0.251. The first-order chi connectivity index (χ1) is 13.8. The standard InChI is InChI=1S/C7H7F7.C5H6F4.CF4.2CH3F/c1-3(4(2)6(9,10)11)5(8)7(12,13)14;1-3-4(2,6)5(7,8)9;2-1(3,4)5;2*1-2/h5H,1-2H3;3H,1H2,2H3;;2*1H3/b4-3-;;;;. The predicted molar refractivity (Wildman–Crippen MR) is 82.4 cm³/mol. The molecule has 0 amide bonds. The molecule has 0 aromatic rings. The lowest BCUT2D eigenvalue weighted by atomic mass is 10.1. The minimum Gasteiger partial charge on any atom is -0.255 e. The molecule has 0 aliphatic carbocycles. The Hall–Kier alpha value is -1.71. The largest absolute Gasteiger partial charge is 0.559 e. The second-order valence-electron chi connectivity index (χ2n) is 4.92. The monoisotopic (exact) mass is 522 g/mol. The molecule has 0 aromatic heterocycles. The van der Waals surface area contributed by atoms with Crippen LogP contribution in [-0.2, 0) is 0 Å². The van der Waals surface area contributed by atoms with Gasteiger partial charge in [-0.25, -0.2) is 8.78 Å². The lowest BCUT2D eigenvalue weighted by Gasteiger charge is -2.18. The number of hydrogen-bond acceptors (Lipinski definition) is 0. The molecule has 0 rings (SSSR count). The van der Waals surface area contributed by atoms with E-state index in [-0.39, 0.29) is 6.08 Å². The van der Waals surface area contributed by atoms with Crippen LogP contribution in [-0.4, -0.2) is 51.2 Å². The Morgan fingerprint density at radius 1 is 0.688 bits per heavy atom. The second-order valence-corrected chi connectivity index (χ2v) is 4.92. The van der Waals surface area contributed by atoms with E-state index in [9.17, 15) is 74.6 Å². The highest BCUT2D eigenvalue weighted by molar-refractivity contribution is 5.19. The summed E-state index contributed by atoms with van der Waals surface area (Å²) in [5.74, 6) is 0. The molecule has 0 N–H and O–H groups in total. The van der Waals surface area contributed by atoms with Crippen molar-refractivity contribution >= 4 is 0 Å². The molecule has 0 fully saturated rings. The van der Waals surface area contributed by atoms with Crippen LogP contribution in [0.5, 0.6) is 0 Å². The first-order valence-electron chi connectivity index (χ1n) is 7.14. The molecule has 0 aromatic carbocycles. The van der Waals surface area contributed by atoms with E-state index < -0.39 is 47.9 Å². The summed E-state index contributed by atoms with van der Waals surface area (Å²) >= 11 is 0. The van der Waals surface area contributed by atoms with Crippen molar-refractivity contribution in [2.24, 2.45) is 0 Å². The molecule has 0 saturated heterocycles. The van der Waals surface area contributed by atoms with Crippen molar-refractivity contribution in [3.05, 3.63) is 23.8 Å². The summed E-state index contributed by atoms with van der Waals surface area (Å²) in [6, 6.07) is 0. The molecule has 0 saturated carbocycles. The summed E-state index contributed by atoms with van der Waals surface area (Å²) in [6.07, 6.45) is -23.9. The summed E-state index contributed by atoms with van der Waals surface area (Å²) in [5, 5.41) is 0. The van der Waals surface area contributed by atoms with Crippen LogP contribution in [0.2, 0.25) is 0 Å². The summed E-state index contributed by atoms with van der Waals surface area (Å²) in [6.45, 7) is 4.00. The number of rotatable bonds is 2. The molecule has 17 heteroatoms. The zero-order valence-corrected chi connectivity index (χ0v) is 16.8. The number of hydrogen-bond donors (Lipinski definition) is 0. The van der Waals surface area contributed by atoms with Crippen molar-refractivity contribution < 1.29 is 74.6 Å². The summed E-state index contributed by atoms with van der Waals surface area (Å²) < 4.78 is 187. The van der Waals surface area contributed by atoms with Gasteiger partial charge < -0.3 is 0 Å². The van der Waals surface area contributed by atoms with Crippen LogP contribution < -0.4 is 0 Å². The van der Waals surface area contributed by atoms with Gasteiger partial charge in [-0.1, -0.05) is 6.58 Å². The molecule has 0 radical (unpaired) electrons. The van der Waals surface area contributed by atoms with Crippen LogP contribution in [0.15, 0.2) is 23.8 Å². The SMILES string of the molecule is C/C(=C(\C)C(F)(F)F)C(F)C(F)(F)F.C=CC(C)(F)C(F)(F)F.CF.CF.FC(F)(F)F. The number of allylic oxidation sites excluding steroid dienone is 3. The average molecular weight is 522 g/mol. The maximum absolute atomic E-state index is 12.4. The molecular weight excluding hydrogens is 503 g/mol. The van der Waals surface area contributed by atoms with E-state index in [1.165, 1.54) is 0 Å². The summed E-state index contributed by atoms with van der Waals surface area (Å²) in [5.41, 5.74) is -6.17. The van der Waals surface area contributed by atoms with Gasteiger partial charge >= 0.3 is 25.0 Å². The fraction of sp³-hybridized carbons (Fsp3) is 0.733. The Kier molecular flexibility index (Phi) is 20.3. The van der Waals surface area contributed by atoms with E-state index in [1.54, 1.807) is 0 Å². The molecule has 0 spiro atoms. The van der Waals surface area contributed by atoms with E-state index in [0.717, 1.165) is 0 Å². The highest BCUT2D eigenvalue weighted by atomic mass is 19.5. The van der Waals surface area contributed by atoms with Crippen molar-refractivity contribution in [2.45, 2.75) is 57.6 Å². The van der Waals surface area contributed by atoms with E-state index >= 15 is 0 Å². The fourth-order valence-corrected chi connectivity index (χ4v) is 0.775. The van der Waals surface area contributed by atoms with Gasteiger partial charge in [0.15, 0.2) is 0 Å². The third-order valence-corrected chi connectivity index (χ3v) is 2.62. The van der Waals surface area contributed by atoms with Crippen LogP contribution in [0, 0.1) is 0 Å². The van der Waals surface area contributed by atoms with Gasteiger partial charge in [0.2, 0.25) is 11.8 Å². The molecular formula is C15H19F17. The Labute approximate surface area is 171 Å². The zero-order chi connectivity index (χ0) is 27.9. The fourth-order valence-electron chi connectivity index (χ4n) is 0.775. The highest BCUT2D eigenvalue weighted by Gasteiger charge is 2.49. The number of halogens is 17. The second kappa shape index (κ2) is 16.0. The minimum atomic E-state index is -5.50. The van der Waals surface area contributed by atoms with Gasteiger partial charge in [-0.15, -0.1) is 17.6 Å². The summed E-state index contributed by atoms with van der Waals surface area (Å²) in [7, 11) is 1.00. The lowest BCUT2D eigenvalue weighted by molar-refractivity contribution is -0.237. The molecule has 0 bridgehead atoms. The summed E-state index contributed by atoms with van der Waals surface area (Å²) in [4.78, 5) is 0. The third kappa shape index (κ3) is 23.0. The van der Waals surface area contributed by atoms with E-state index in [0.29, 0.717) is 35.1 Å². The highest BCUT2D eigenvalue weighted by Crippen LogP contribution is 2.35. The maximum Gasteiger partial charge on any atom is 0.559 e. The van der Waals surface area contributed by atoms with Gasteiger partial charge in [0.25, 0.3) is 0 Å². The molecule has 0 aliphatic heterocycles. The normalized spacial score (nSPS) is 15.3. The predicted octanol–water partition coefficient (Wildman–Crippen LogP) is 8.90. The lowest BCUT2D eigenvalue weighted by Crippen LogP contribution is -2.35. The van der Waals surface area contributed by atoms with Gasteiger partial charge in [0.1, 0.15) is 0 Å². The molecule has 0 aliphatic rings. The van der Waals surface area contributed by atoms with Gasteiger partial charge in [-0.2, -0.15) is 39.5 Å². The van der Waals surface area contributed by atoms with Crippen molar-refractivity contribution in [3.63, 3.8) is 0 Å². The maximum atomic E-state index is 12.4. The molecule has 0 nitrogen and oxygen atoms in total. The Morgan fingerprint density at radius 3 is 1.03 bits per heavy atom. The third-order valence-electron chi connectivity index (χ3n) is 2.62. The Balaban J connectivity index is -0.000000116. The van der Waals surface area contributed by atoms with E-state index in [2.05, 4.69) is 6.58 Å². The smallest absolute Gasteiger partial charge is 0.255 e. The van der Waals surface area contributed by atoms with E-state index in [1.807, 2.05) is 0 Å². The molecule has 2 unspecified atom stereocenters. The molecule has 0 heterocycles. The Morgan fingerprint density at radius 2 is 0.938 bits per heavy atom. The van der Waals surface area contributed by atoms with Gasteiger partial charge in [-0.05, 0) is 32.4 Å². The van der Waals surface area contributed by atoms with Gasteiger partial charge in [0.05, 0.1) is 14.4 Å². The number of alkyl halides is 17. The van der Waals surface area contributed by atoms with E-state index in [4.69, 9.17) is 0 Å². The van der Waals surface area contributed by atoms with Crippen LogP contribution >= 0.6 is 0 Å². The van der Waals surface area contributed by atoms with Gasteiger partial charge in [-0.3, -0.25) is 8.78 Å². The zero-order valence-electron chi connectivity index (χ0n) is 16.8. The average Bonchev–Trinajstić information content (AvgIpc) is 2.59. The van der Waals surface area contributed by atoms with Crippen LogP contribution in [0.25, 0.3) is 0 Å². The van der Waals surface area contributed by atoms with Crippen molar-refractivity contribution in [1.82, 2.24) is 0 Å². The van der Waals surface area contributed by atoms with Crippen molar-refractivity contribution in [1.29, 1.82) is 0 Å². The van der Waals surface area contributed by atoms with Crippen LogP contribution in [0.1, 0.15) is 20.8 Å². The topological polar surface area (TPSA) is 0 Å². The first kappa shape index (κ1) is 40.6. The van der Waals surface area contributed by atoms with Crippen LogP contribution in [0.4, 0.5) is 74.6 Å². The molecule has 2 atom stereocenters. The van der Waals surface area contributed by atoms with Crippen LogP contribution in [0.3, 0.4) is 0 Å². The molecule has 198 valence electrons. The van der Waals surface area contributed by atoms with Gasteiger partial charge in [0, 0.05) is 5.57 Å². The molecule has 32 heavy (non-hydrogen) atoms. The minimum absolute atomic E-state index is 0.229.